The smallest absolute Gasteiger partial charge is 0 e. The van der Waals surface area contributed by atoms with Crippen molar-refractivity contribution in [2.45, 2.75) is 155 Å². The Morgan fingerprint density at radius 1 is 0.400 bits per heavy atom. The molecule has 0 aliphatic carbocycles. The van der Waals surface area contributed by atoms with Crippen LogP contribution in [0.5, 0.6) is 0 Å². The number of unbranched alkanes of at least 4 members (excludes halogenated alkanes) is 20. The first kappa shape index (κ1) is 32.8. The molecular weight excluding hydrogens is 437 g/mol. The Kier molecular flexibility index (Phi) is 34.7. The Hall–Kier alpha value is 0.584. The van der Waals surface area contributed by atoms with E-state index in [0.717, 1.165) is 6.42 Å². The maximum atomic E-state index is 3.90. The van der Waals surface area contributed by atoms with Gasteiger partial charge >= 0.3 is 0 Å². The number of rotatable bonds is 24. The number of hydrogen-bond donors (Lipinski definition) is 0. The average molecular weight is 493 g/mol. The molecular formula is C29H55Y-. The second-order valence-electron chi connectivity index (χ2n) is 8.96. The van der Waals surface area contributed by atoms with Crippen LogP contribution in [-0.2, 0) is 32.7 Å². The molecule has 0 aromatic carbocycles. The maximum absolute atomic E-state index is 3.90. The van der Waals surface area contributed by atoms with Crippen molar-refractivity contribution in [2.75, 3.05) is 0 Å². The summed E-state index contributed by atoms with van der Waals surface area (Å²) in [6, 6.07) is 0. The van der Waals surface area contributed by atoms with E-state index < -0.39 is 0 Å². The fraction of sp³-hybridized carbons (Fsp3) is 0.828. The first-order chi connectivity index (χ1) is 14.4. The van der Waals surface area contributed by atoms with Gasteiger partial charge in [-0.25, -0.2) is 0 Å². The van der Waals surface area contributed by atoms with Crippen molar-refractivity contribution in [3.8, 4) is 0 Å². The predicted octanol–water partition coefficient (Wildman–Crippen LogP) is 10.9. The normalized spacial score (nSPS) is 11.5. The van der Waals surface area contributed by atoms with Gasteiger partial charge in [-0.2, -0.15) is 6.42 Å². The third-order valence-electron chi connectivity index (χ3n) is 5.92. The molecule has 0 amide bonds. The first-order valence-electron chi connectivity index (χ1n) is 13.5. The second kappa shape index (κ2) is 31.8. The molecule has 0 atom stereocenters. The minimum Gasteiger partial charge on any atom is -0.343 e. The summed E-state index contributed by atoms with van der Waals surface area (Å²) >= 11 is 0. The molecule has 0 spiro atoms. The van der Waals surface area contributed by atoms with E-state index >= 15 is 0 Å². The van der Waals surface area contributed by atoms with E-state index in [2.05, 4.69) is 38.2 Å². The molecule has 0 saturated heterocycles. The summed E-state index contributed by atoms with van der Waals surface area (Å²) in [4.78, 5) is 0. The fourth-order valence-corrected chi connectivity index (χ4v) is 3.89. The monoisotopic (exact) mass is 492 g/mol. The molecule has 0 nitrogen and oxygen atoms in total. The SMILES string of the molecule is [CH2-]CCCCCC/C=C\CCCCCCCCCC/C=C/CCCCCCCC.[Y]. The molecule has 1 heteroatoms. The summed E-state index contributed by atoms with van der Waals surface area (Å²) in [5.74, 6) is 0. The van der Waals surface area contributed by atoms with Crippen molar-refractivity contribution in [1.29, 1.82) is 0 Å². The summed E-state index contributed by atoms with van der Waals surface area (Å²) in [7, 11) is 0. The van der Waals surface area contributed by atoms with Crippen molar-refractivity contribution in [3.05, 3.63) is 31.2 Å². The van der Waals surface area contributed by atoms with E-state index in [9.17, 15) is 0 Å². The quantitative estimate of drug-likeness (QED) is 0.0714. The third kappa shape index (κ3) is 30.8. The van der Waals surface area contributed by atoms with Crippen LogP contribution in [0.1, 0.15) is 155 Å². The Balaban J connectivity index is 0. The summed E-state index contributed by atoms with van der Waals surface area (Å²) in [5, 5.41) is 0. The summed E-state index contributed by atoms with van der Waals surface area (Å²) in [6.45, 7) is 6.19. The Morgan fingerprint density at radius 2 is 0.667 bits per heavy atom. The van der Waals surface area contributed by atoms with Crippen LogP contribution in [0.3, 0.4) is 0 Å². The van der Waals surface area contributed by atoms with E-state index in [1.54, 1.807) is 0 Å². The molecule has 30 heavy (non-hydrogen) atoms. The van der Waals surface area contributed by atoms with Crippen molar-refractivity contribution in [3.63, 3.8) is 0 Å². The molecule has 0 heterocycles. The van der Waals surface area contributed by atoms with Gasteiger partial charge < -0.3 is 6.92 Å². The van der Waals surface area contributed by atoms with E-state index in [1.807, 2.05) is 0 Å². The number of allylic oxidation sites excluding steroid dienone is 4. The van der Waals surface area contributed by atoms with Crippen molar-refractivity contribution >= 4 is 0 Å². The van der Waals surface area contributed by atoms with Gasteiger partial charge in [0.1, 0.15) is 0 Å². The first-order valence-corrected chi connectivity index (χ1v) is 13.5. The Labute approximate surface area is 217 Å². The Bertz CT molecular complexity index is 331. The molecule has 0 aliphatic rings. The molecule has 0 fully saturated rings. The van der Waals surface area contributed by atoms with Crippen molar-refractivity contribution in [1.82, 2.24) is 0 Å². The minimum atomic E-state index is 0. The third-order valence-corrected chi connectivity index (χ3v) is 5.92. The molecule has 0 saturated carbocycles. The van der Waals surface area contributed by atoms with Gasteiger partial charge in [-0.05, 0) is 51.4 Å². The molecule has 0 aromatic heterocycles. The van der Waals surface area contributed by atoms with Crippen LogP contribution >= 0.6 is 0 Å². The summed E-state index contributed by atoms with van der Waals surface area (Å²) in [5.41, 5.74) is 0. The summed E-state index contributed by atoms with van der Waals surface area (Å²) < 4.78 is 0. The molecule has 0 rings (SSSR count). The summed E-state index contributed by atoms with van der Waals surface area (Å²) in [6.07, 6.45) is 41.3. The molecule has 1 radical (unpaired) electrons. The van der Waals surface area contributed by atoms with Crippen LogP contribution in [0.4, 0.5) is 0 Å². The number of hydrogen-bond acceptors (Lipinski definition) is 0. The zero-order valence-electron chi connectivity index (χ0n) is 20.9. The largest absolute Gasteiger partial charge is 0.343 e. The van der Waals surface area contributed by atoms with Gasteiger partial charge in [-0.3, -0.25) is 0 Å². The molecule has 0 unspecified atom stereocenters. The molecule has 0 N–H and O–H groups in total. The van der Waals surface area contributed by atoms with Crippen molar-refractivity contribution in [2.24, 2.45) is 0 Å². The Morgan fingerprint density at radius 3 is 0.967 bits per heavy atom. The predicted molar refractivity (Wildman–Crippen MR) is 136 cm³/mol. The van der Waals surface area contributed by atoms with Gasteiger partial charge in [0.2, 0.25) is 0 Å². The van der Waals surface area contributed by atoms with Crippen LogP contribution in [-0.4, -0.2) is 0 Å². The minimum absolute atomic E-state index is 0. The fourth-order valence-electron chi connectivity index (χ4n) is 3.89. The zero-order chi connectivity index (χ0) is 21.1. The van der Waals surface area contributed by atoms with Crippen LogP contribution < -0.4 is 0 Å². The van der Waals surface area contributed by atoms with Gasteiger partial charge in [0.05, 0.1) is 0 Å². The van der Waals surface area contributed by atoms with E-state index in [4.69, 9.17) is 0 Å². The van der Waals surface area contributed by atoms with E-state index in [1.165, 1.54) is 141 Å². The van der Waals surface area contributed by atoms with E-state index in [0.29, 0.717) is 0 Å². The molecule has 0 bridgehead atoms. The van der Waals surface area contributed by atoms with Crippen LogP contribution in [0.25, 0.3) is 0 Å². The van der Waals surface area contributed by atoms with Gasteiger partial charge in [0.25, 0.3) is 0 Å². The van der Waals surface area contributed by atoms with Gasteiger partial charge in [-0.1, -0.05) is 121 Å². The second-order valence-corrected chi connectivity index (χ2v) is 8.96. The average Bonchev–Trinajstić information content (AvgIpc) is 2.74. The topological polar surface area (TPSA) is 0 Å². The van der Waals surface area contributed by atoms with Gasteiger partial charge in [0.15, 0.2) is 0 Å². The zero-order valence-corrected chi connectivity index (χ0v) is 23.7. The molecule has 175 valence electrons. The maximum Gasteiger partial charge on any atom is 0 e. The molecule has 0 aromatic rings. The van der Waals surface area contributed by atoms with Gasteiger partial charge in [0, 0.05) is 32.7 Å². The van der Waals surface area contributed by atoms with Crippen LogP contribution in [0.2, 0.25) is 0 Å². The molecule has 0 aliphatic heterocycles. The van der Waals surface area contributed by atoms with Crippen LogP contribution in [0, 0.1) is 6.92 Å². The van der Waals surface area contributed by atoms with Gasteiger partial charge in [-0.15, -0.1) is 0 Å². The van der Waals surface area contributed by atoms with Crippen molar-refractivity contribution < 1.29 is 32.7 Å². The standard InChI is InChI=1S/C29H55.Y/c1-3-5-7-9-11-13-15-17-19-21-23-25-27-29-28-26-24-22-20-18-16-14-12-10-8-6-4-2;/h15,17-18,20H,1,3-14,16,19,21-29H2,2H3;/q-1;/b17-15-,20-18+;. The van der Waals surface area contributed by atoms with Crippen LogP contribution in [0.15, 0.2) is 24.3 Å². The van der Waals surface area contributed by atoms with E-state index in [-0.39, 0.29) is 32.7 Å².